The van der Waals surface area contributed by atoms with Crippen LogP contribution in [0.1, 0.15) is 41.0 Å². The van der Waals surface area contributed by atoms with E-state index in [4.69, 9.17) is 0 Å². The van der Waals surface area contributed by atoms with Crippen molar-refractivity contribution in [3.05, 3.63) is 0 Å². The number of rotatable bonds is 0. The highest BCUT2D eigenvalue weighted by Crippen LogP contribution is 2.19. The second kappa shape index (κ2) is 3.20. The molecule has 1 nitrogen and oxygen atoms in total. The zero-order valence-corrected chi connectivity index (χ0v) is 9.09. The van der Waals surface area contributed by atoms with Gasteiger partial charge in [-0.15, -0.1) is 0 Å². The minimum atomic E-state index is 0.308. The third kappa shape index (κ3) is 2.33. The second-order valence-corrected chi connectivity index (χ2v) is 5.29. The number of nitrogens with zero attached hydrogens (tertiary/aromatic N) is 1. The molecule has 0 fully saturated rings. The van der Waals surface area contributed by atoms with Crippen LogP contribution in [-0.2, 0) is 0 Å². The molecule has 0 saturated heterocycles. The van der Waals surface area contributed by atoms with Crippen molar-refractivity contribution in [1.29, 1.82) is 0 Å². The fourth-order valence-electron chi connectivity index (χ4n) is 1.97. The minimum absolute atomic E-state index is 0.308. The van der Waals surface area contributed by atoms with E-state index in [9.17, 15) is 0 Å². The van der Waals surface area contributed by atoms with Crippen LogP contribution < -0.4 is 0 Å². The Balaban J connectivity index is 2.77. The SMILES string of the molecule is C[C@H]1C[C@H](C)C=[N+](C(C)(C)C)C1. The van der Waals surface area contributed by atoms with E-state index in [1.54, 1.807) is 0 Å². The van der Waals surface area contributed by atoms with Gasteiger partial charge in [-0.3, -0.25) is 0 Å². The summed E-state index contributed by atoms with van der Waals surface area (Å²) in [5.41, 5.74) is 0.308. The molecule has 0 saturated carbocycles. The smallest absolute Gasteiger partial charge is 0.153 e. The average molecular weight is 168 g/mol. The molecular weight excluding hydrogens is 146 g/mol. The molecule has 0 spiro atoms. The highest BCUT2D eigenvalue weighted by Gasteiger charge is 2.30. The Hall–Kier alpha value is -0.330. The van der Waals surface area contributed by atoms with Gasteiger partial charge in [0, 0.05) is 11.8 Å². The molecule has 0 aromatic rings. The summed E-state index contributed by atoms with van der Waals surface area (Å²) in [5.74, 6) is 1.61. The molecule has 0 aliphatic carbocycles. The molecule has 0 aromatic heterocycles. The first-order valence-corrected chi connectivity index (χ1v) is 5.01. The zero-order valence-electron chi connectivity index (χ0n) is 9.09. The van der Waals surface area contributed by atoms with Gasteiger partial charge in [0.05, 0.1) is 0 Å². The first kappa shape index (κ1) is 9.76. The summed E-state index contributed by atoms with van der Waals surface area (Å²) in [6.07, 6.45) is 3.76. The first-order chi connectivity index (χ1) is 5.39. The molecule has 0 radical (unpaired) electrons. The van der Waals surface area contributed by atoms with Crippen LogP contribution in [0.25, 0.3) is 0 Å². The Labute approximate surface area is 76.5 Å². The topological polar surface area (TPSA) is 3.01 Å². The van der Waals surface area contributed by atoms with Crippen LogP contribution in [0, 0.1) is 11.8 Å². The van der Waals surface area contributed by atoms with Gasteiger partial charge >= 0.3 is 0 Å². The lowest BCUT2D eigenvalue weighted by Crippen LogP contribution is -2.41. The lowest BCUT2D eigenvalue weighted by molar-refractivity contribution is -0.604. The molecule has 0 aromatic carbocycles. The lowest BCUT2D eigenvalue weighted by atomic mass is 9.92. The Morgan fingerprint density at radius 1 is 1.25 bits per heavy atom. The predicted molar refractivity (Wildman–Crippen MR) is 53.9 cm³/mol. The van der Waals surface area contributed by atoms with Gasteiger partial charge in [0.2, 0.25) is 0 Å². The van der Waals surface area contributed by atoms with Crippen molar-refractivity contribution in [2.75, 3.05) is 6.54 Å². The molecule has 1 aliphatic heterocycles. The van der Waals surface area contributed by atoms with E-state index in [-0.39, 0.29) is 0 Å². The van der Waals surface area contributed by atoms with Crippen LogP contribution in [0.15, 0.2) is 0 Å². The largest absolute Gasteiger partial charge is 0.235 e. The molecule has 12 heavy (non-hydrogen) atoms. The van der Waals surface area contributed by atoms with Gasteiger partial charge in [0.1, 0.15) is 12.8 Å². The van der Waals surface area contributed by atoms with Gasteiger partial charge < -0.3 is 0 Å². The van der Waals surface area contributed by atoms with Gasteiger partial charge in [-0.05, 0) is 27.2 Å². The normalized spacial score (nSPS) is 31.6. The maximum Gasteiger partial charge on any atom is 0.153 e. The Kier molecular flexibility index (Phi) is 2.60. The van der Waals surface area contributed by atoms with Gasteiger partial charge in [-0.1, -0.05) is 13.8 Å². The fourth-order valence-corrected chi connectivity index (χ4v) is 1.97. The third-order valence-electron chi connectivity index (χ3n) is 2.58. The van der Waals surface area contributed by atoms with Crippen LogP contribution in [0.3, 0.4) is 0 Å². The van der Waals surface area contributed by atoms with Gasteiger partial charge in [-0.25, -0.2) is 4.58 Å². The van der Waals surface area contributed by atoms with Crippen LogP contribution in [0.4, 0.5) is 0 Å². The Bertz CT molecular complexity index is 186. The van der Waals surface area contributed by atoms with E-state index in [1.165, 1.54) is 13.0 Å². The van der Waals surface area contributed by atoms with Crippen molar-refractivity contribution in [3.63, 3.8) is 0 Å². The van der Waals surface area contributed by atoms with Crippen molar-refractivity contribution in [2.24, 2.45) is 11.8 Å². The summed E-state index contributed by atoms with van der Waals surface area (Å²) >= 11 is 0. The standard InChI is InChI=1S/C11H22N/c1-9-6-10(2)8-12(7-9)11(3,4)5/h7,9-10H,6,8H2,1-5H3/q+1/t9-,10-/m0/s1. The van der Waals surface area contributed by atoms with Crippen LogP contribution in [0.2, 0.25) is 0 Å². The third-order valence-corrected chi connectivity index (χ3v) is 2.58. The number of hydrogen-bond donors (Lipinski definition) is 0. The second-order valence-electron chi connectivity index (χ2n) is 5.29. The molecule has 2 atom stereocenters. The summed E-state index contributed by atoms with van der Waals surface area (Å²) in [4.78, 5) is 0. The van der Waals surface area contributed by atoms with Gasteiger partial charge in [-0.2, -0.15) is 0 Å². The van der Waals surface area contributed by atoms with Crippen molar-refractivity contribution < 1.29 is 4.58 Å². The summed E-state index contributed by atoms with van der Waals surface area (Å²) in [6, 6.07) is 0. The zero-order chi connectivity index (χ0) is 9.35. The highest BCUT2D eigenvalue weighted by atomic mass is 15.1. The van der Waals surface area contributed by atoms with Gasteiger partial charge in [0.15, 0.2) is 5.54 Å². The fraction of sp³-hybridized carbons (Fsp3) is 0.909. The van der Waals surface area contributed by atoms with E-state index < -0.39 is 0 Å². The van der Waals surface area contributed by atoms with E-state index in [1.807, 2.05) is 0 Å². The Morgan fingerprint density at radius 3 is 2.25 bits per heavy atom. The Morgan fingerprint density at radius 2 is 1.83 bits per heavy atom. The number of hydrogen-bond acceptors (Lipinski definition) is 0. The first-order valence-electron chi connectivity index (χ1n) is 5.01. The monoisotopic (exact) mass is 168 g/mol. The van der Waals surface area contributed by atoms with Crippen LogP contribution in [-0.4, -0.2) is 22.9 Å². The maximum absolute atomic E-state index is 2.49. The molecule has 0 bridgehead atoms. The summed E-state index contributed by atoms with van der Waals surface area (Å²) < 4.78 is 2.49. The van der Waals surface area contributed by atoms with E-state index >= 15 is 0 Å². The average Bonchev–Trinajstić information content (AvgIpc) is 1.82. The quantitative estimate of drug-likeness (QED) is 0.489. The van der Waals surface area contributed by atoms with Crippen molar-refractivity contribution in [2.45, 2.75) is 46.6 Å². The van der Waals surface area contributed by atoms with Crippen molar-refractivity contribution >= 4 is 6.21 Å². The summed E-state index contributed by atoms with van der Waals surface area (Å²) in [6.45, 7) is 12.8. The molecule has 70 valence electrons. The minimum Gasteiger partial charge on any atom is -0.235 e. The molecule has 0 unspecified atom stereocenters. The maximum atomic E-state index is 2.49. The molecule has 1 rings (SSSR count). The van der Waals surface area contributed by atoms with E-state index in [2.05, 4.69) is 45.4 Å². The molecule has 0 N–H and O–H groups in total. The van der Waals surface area contributed by atoms with Crippen molar-refractivity contribution in [3.8, 4) is 0 Å². The molecule has 1 heterocycles. The lowest BCUT2D eigenvalue weighted by Gasteiger charge is -2.26. The molecule has 0 amide bonds. The summed E-state index contributed by atoms with van der Waals surface area (Å²) in [5, 5.41) is 0. The van der Waals surface area contributed by atoms with E-state index in [0.29, 0.717) is 5.54 Å². The van der Waals surface area contributed by atoms with Gasteiger partial charge in [0.25, 0.3) is 0 Å². The molecule has 1 aliphatic rings. The van der Waals surface area contributed by atoms with E-state index in [0.717, 1.165) is 11.8 Å². The predicted octanol–water partition coefficient (Wildman–Crippen LogP) is 2.54. The molecular formula is C11H22N+. The molecule has 1 heteroatoms. The highest BCUT2D eigenvalue weighted by molar-refractivity contribution is 5.55. The van der Waals surface area contributed by atoms with Crippen LogP contribution in [0.5, 0.6) is 0 Å². The summed E-state index contributed by atoms with van der Waals surface area (Å²) in [7, 11) is 0. The van der Waals surface area contributed by atoms with Crippen molar-refractivity contribution in [1.82, 2.24) is 0 Å². The van der Waals surface area contributed by atoms with Crippen LogP contribution >= 0.6 is 0 Å².